The maximum atomic E-state index is 13.8. The number of Topliss-reactive ketones (excluding diaryl/α,β-unsaturated/α-hetero) is 1. The molecule has 0 N–H and O–H groups in total. The van der Waals surface area contributed by atoms with E-state index in [9.17, 15) is 18.4 Å². The molecule has 0 amide bonds. The first kappa shape index (κ1) is 15.2. The molecule has 0 saturated carbocycles. The summed E-state index contributed by atoms with van der Waals surface area (Å²) in [5.41, 5.74) is 0.440. The lowest BCUT2D eigenvalue weighted by atomic mass is 10.1. The quantitative estimate of drug-likeness (QED) is 0.539. The SMILES string of the molecule is O=C(Cn1c(=O)c2ccccc2n2cncc12)c1ccc(F)cc1F. The van der Waals surface area contributed by atoms with Crippen LogP contribution in [0.2, 0.25) is 0 Å². The largest absolute Gasteiger partial charge is 0.292 e. The molecular weight excluding hydrogens is 328 g/mol. The van der Waals surface area contributed by atoms with Gasteiger partial charge in [-0.3, -0.25) is 18.6 Å². The lowest BCUT2D eigenvalue weighted by Gasteiger charge is -2.11. The standard InChI is InChI=1S/C18H11F2N3O2/c19-11-5-6-12(14(20)7-11)16(24)9-22-17-8-21-10-23(17)15-4-2-1-3-13(15)18(22)25/h1-8,10H,9H2. The molecule has 0 aliphatic rings. The van der Waals surface area contributed by atoms with Crippen LogP contribution in [0.15, 0.2) is 59.8 Å². The van der Waals surface area contributed by atoms with Crippen molar-refractivity contribution >= 4 is 22.3 Å². The average molecular weight is 339 g/mol. The predicted molar refractivity (Wildman–Crippen MR) is 87.6 cm³/mol. The monoisotopic (exact) mass is 339 g/mol. The summed E-state index contributed by atoms with van der Waals surface area (Å²) in [5, 5.41) is 0.417. The van der Waals surface area contributed by atoms with E-state index in [0.29, 0.717) is 22.6 Å². The van der Waals surface area contributed by atoms with Gasteiger partial charge in [0.15, 0.2) is 5.78 Å². The highest BCUT2D eigenvalue weighted by Crippen LogP contribution is 2.15. The number of ketones is 1. The number of rotatable bonds is 3. The Bertz CT molecular complexity index is 1190. The van der Waals surface area contributed by atoms with Crippen LogP contribution in [0, 0.1) is 11.6 Å². The second-order valence-corrected chi connectivity index (χ2v) is 5.58. The minimum absolute atomic E-state index is 0.265. The minimum Gasteiger partial charge on any atom is -0.292 e. The van der Waals surface area contributed by atoms with Gasteiger partial charge in [-0.25, -0.2) is 13.8 Å². The highest BCUT2D eigenvalue weighted by molar-refractivity contribution is 5.96. The minimum atomic E-state index is -0.955. The molecule has 2 aromatic heterocycles. The van der Waals surface area contributed by atoms with Gasteiger partial charge >= 0.3 is 0 Å². The predicted octanol–water partition coefficient (Wildman–Crippen LogP) is 2.81. The second kappa shape index (κ2) is 5.62. The van der Waals surface area contributed by atoms with Crippen molar-refractivity contribution in [2.45, 2.75) is 6.54 Å². The van der Waals surface area contributed by atoms with E-state index in [1.165, 1.54) is 17.1 Å². The Morgan fingerprint density at radius 3 is 2.72 bits per heavy atom. The van der Waals surface area contributed by atoms with E-state index < -0.39 is 17.4 Å². The van der Waals surface area contributed by atoms with Crippen molar-refractivity contribution in [1.82, 2.24) is 14.0 Å². The number of para-hydroxylation sites is 1. The first-order valence-corrected chi connectivity index (χ1v) is 7.48. The Balaban J connectivity index is 1.88. The summed E-state index contributed by atoms with van der Waals surface area (Å²) in [7, 11) is 0. The molecule has 0 saturated heterocycles. The molecule has 7 heteroatoms. The molecule has 5 nitrogen and oxygen atoms in total. The first-order chi connectivity index (χ1) is 12.1. The molecule has 0 aliphatic carbocycles. The van der Waals surface area contributed by atoms with Crippen LogP contribution < -0.4 is 5.56 Å². The third-order valence-corrected chi connectivity index (χ3v) is 4.07. The van der Waals surface area contributed by atoms with Gasteiger partial charge in [0.1, 0.15) is 23.6 Å². The van der Waals surface area contributed by atoms with Crippen LogP contribution in [0.3, 0.4) is 0 Å². The summed E-state index contributed by atoms with van der Waals surface area (Å²) >= 11 is 0. The maximum Gasteiger partial charge on any atom is 0.262 e. The lowest BCUT2D eigenvalue weighted by Crippen LogP contribution is -2.26. The molecule has 0 unspecified atom stereocenters. The molecule has 0 spiro atoms. The fourth-order valence-electron chi connectivity index (χ4n) is 2.88. The van der Waals surface area contributed by atoms with E-state index in [1.54, 1.807) is 28.7 Å². The number of hydrogen-bond donors (Lipinski definition) is 0. The van der Waals surface area contributed by atoms with Crippen molar-refractivity contribution in [3.63, 3.8) is 0 Å². The molecule has 2 aromatic carbocycles. The zero-order chi connectivity index (χ0) is 17.6. The van der Waals surface area contributed by atoms with Crippen molar-refractivity contribution in [1.29, 1.82) is 0 Å². The third-order valence-electron chi connectivity index (χ3n) is 4.07. The fourth-order valence-corrected chi connectivity index (χ4v) is 2.88. The average Bonchev–Trinajstić information content (AvgIpc) is 3.08. The maximum absolute atomic E-state index is 13.8. The number of fused-ring (bicyclic) bond motifs is 3. The number of carbonyl (C=O) groups excluding carboxylic acids is 1. The van der Waals surface area contributed by atoms with Gasteiger partial charge in [-0.15, -0.1) is 0 Å². The number of aromatic nitrogens is 3. The summed E-state index contributed by atoms with van der Waals surface area (Å²) in [6.45, 7) is -0.374. The number of nitrogens with zero attached hydrogens (tertiary/aromatic N) is 3. The molecule has 124 valence electrons. The fraction of sp³-hybridized carbons (Fsp3) is 0.0556. The number of benzene rings is 2. The van der Waals surface area contributed by atoms with Gasteiger partial charge in [-0.1, -0.05) is 12.1 Å². The number of hydrogen-bond acceptors (Lipinski definition) is 3. The van der Waals surface area contributed by atoms with Crippen molar-refractivity contribution < 1.29 is 13.6 Å². The van der Waals surface area contributed by atoms with Crippen LogP contribution >= 0.6 is 0 Å². The Labute approximate surface area is 139 Å². The second-order valence-electron chi connectivity index (χ2n) is 5.58. The Morgan fingerprint density at radius 1 is 1.12 bits per heavy atom. The Hall–Kier alpha value is -3.35. The number of imidazole rings is 1. The molecule has 0 bridgehead atoms. The van der Waals surface area contributed by atoms with Crippen molar-refractivity contribution in [2.75, 3.05) is 0 Å². The molecule has 0 radical (unpaired) electrons. The zero-order valence-electron chi connectivity index (χ0n) is 12.8. The van der Waals surface area contributed by atoms with Crippen LogP contribution in [0.25, 0.3) is 16.6 Å². The summed E-state index contributed by atoms with van der Waals surface area (Å²) < 4.78 is 29.8. The smallest absolute Gasteiger partial charge is 0.262 e. The van der Waals surface area contributed by atoms with Crippen molar-refractivity contribution in [3.8, 4) is 0 Å². The van der Waals surface area contributed by atoms with Gasteiger partial charge < -0.3 is 0 Å². The van der Waals surface area contributed by atoms with E-state index in [-0.39, 0.29) is 17.7 Å². The summed E-state index contributed by atoms with van der Waals surface area (Å²) in [6, 6.07) is 9.67. The topological polar surface area (TPSA) is 56.4 Å². The molecular formula is C18H11F2N3O2. The number of halogens is 2. The third kappa shape index (κ3) is 2.40. The molecule has 0 fully saturated rings. The van der Waals surface area contributed by atoms with Gasteiger partial charge in [-0.05, 0) is 24.3 Å². The summed E-state index contributed by atoms with van der Waals surface area (Å²) in [5.74, 6) is -2.35. The van der Waals surface area contributed by atoms with E-state index in [1.807, 2.05) is 0 Å². The van der Waals surface area contributed by atoms with Crippen LogP contribution in [0.5, 0.6) is 0 Å². The summed E-state index contributed by atoms with van der Waals surface area (Å²) in [4.78, 5) is 29.2. The highest BCUT2D eigenvalue weighted by atomic mass is 19.1. The summed E-state index contributed by atoms with van der Waals surface area (Å²) in [6.07, 6.45) is 3.00. The molecule has 0 aliphatic heterocycles. The van der Waals surface area contributed by atoms with E-state index in [0.717, 1.165) is 12.1 Å². The molecule has 25 heavy (non-hydrogen) atoms. The number of carbonyl (C=O) groups is 1. The van der Waals surface area contributed by atoms with Crippen LogP contribution in [-0.2, 0) is 6.54 Å². The Kier molecular flexibility index (Phi) is 3.42. The van der Waals surface area contributed by atoms with Crippen LogP contribution in [-0.4, -0.2) is 19.7 Å². The van der Waals surface area contributed by atoms with Crippen LogP contribution in [0.1, 0.15) is 10.4 Å². The van der Waals surface area contributed by atoms with Crippen molar-refractivity contribution in [3.05, 3.63) is 82.5 Å². The van der Waals surface area contributed by atoms with Gasteiger partial charge in [0.2, 0.25) is 0 Å². The van der Waals surface area contributed by atoms with Gasteiger partial charge in [0.25, 0.3) is 5.56 Å². The van der Waals surface area contributed by atoms with E-state index >= 15 is 0 Å². The molecule has 0 atom stereocenters. The van der Waals surface area contributed by atoms with Gasteiger partial charge in [0.05, 0.1) is 29.2 Å². The Morgan fingerprint density at radius 2 is 1.92 bits per heavy atom. The van der Waals surface area contributed by atoms with Crippen LogP contribution in [0.4, 0.5) is 8.78 Å². The van der Waals surface area contributed by atoms with E-state index in [2.05, 4.69) is 4.98 Å². The lowest BCUT2D eigenvalue weighted by molar-refractivity contribution is 0.0968. The van der Waals surface area contributed by atoms with Crippen molar-refractivity contribution in [2.24, 2.45) is 0 Å². The first-order valence-electron chi connectivity index (χ1n) is 7.48. The molecule has 4 aromatic rings. The van der Waals surface area contributed by atoms with E-state index in [4.69, 9.17) is 0 Å². The van der Waals surface area contributed by atoms with Gasteiger partial charge in [0, 0.05) is 6.07 Å². The normalized spacial score (nSPS) is 11.3. The zero-order valence-corrected chi connectivity index (χ0v) is 12.8. The highest BCUT2D eigenvalue weighted by Gasteiger charge is 2.17. The van der Waals surface area contributed by atoms with Gasteiger partial charge in [-0.2, -0.15) is 0 Å². The molecule has 2 heterocycles. The molecule has 4 rings (SSSR count).